The first-order valence-electron chi connectivity index (χ1n) is 6.20. The van der Waals surface area contributed by atoms with Gasteiger partial charge < -0.3 is 15.0 Å². The molecule has 0 spiro atoms. The van der Waals surface area contributed by atoms with Crippen molar-refractivity contribution in [2.45, 2.75) is 44.8 Å². The lowest BCUT2D eigenvalue weighted by Crippen LogP contribution is -2.41. The molecule has 1 saturated heterocycles. The second-order valence-electron chi connectivity index (χ2n) is 5.82. The van der Waals surface area contributed by atoms with E-state index in [1.54, 1.807) is 0 Å². The number of hydrogen-bond donors (Lipinski definition) is 1. The van der Waals surface area contributed by atoms with E-state index >= 15 is 0 Å². The molecule has 1 aromatic rings. The van der Waals surface area contributed by atoms with Crippen LogP contribution in [0.15, 0.2) is 22.7 Å². The molecular weight excluding hydrogens is 328 g/mol. The van der Waals surface area contributed by atoms with Crippen LogP contribution >= 0.6 is 27.5 Å². The predicted molar refractivity (Wildman–Crippen MR) is 82.2 cm³/mol. The maximum absolute atomic E-state index is 6.27. The standard InChI is InChI=1S/C13H18BBrClNO2/c1-12(2)13(3,4)19-14(18-12)11(17)9-6-5-8(16)7-10(9)15/h5-7,11H,17H2,1-4H3/t11-/m0/s1. The summed E-state index contributed by atoms with van der Waals surface area (Å²) in [5.74, 6) is -0.368. The molecule has 19 heavy (non-hydrogen) atoms. The van der Waals surface area contributed by atoms with Crippen LogP contribution in [-0.2, 0) is 9.31 Å². The molecule has 1 fully saturated rings. The summed E-state index contributed by atoms with van der Waals surface area (Å²) < 4.78 is 12.8. The molecule has 1 atom stereocenters. The Morgan fingerprint density at radius 1 is 1.21 bits per heavy atom. The third kappa shape index (κ3) is 2.86. The third-order valence-corrected chi connectivity index (χ3v) is 4.81. The minimum absolute atomic E-state index is 0.368. The lowest BCUT2D eigenvalue weighted by molar-refractivity contribution is 0.00578. The van der Waals surface area contributed by atoms with E-state index in [0.717, 1.165) is 10.0 Å². The summed E-state index contributed by atoms with van der Waals surface area (Å²) in [6.45, 7) is 8.04. The number of rotatable bonds is 2. The van der Waals surface area contributed by atoms with E-state index in [-0.39, 0.29) is 17.1 Å². The zero-order valence-corrected chi connectivity index (χ0v) is 13.9. The van der Waals surface area contributed by atoms with Crippen LogP contribution in [0.5, 0.6) is 0 Å². The van der Waals surface area contributed by atoms with E-state index in [0.29, 0.717) is 5.02 Å². The average molecular weight is 346 g/mol. The first-order chi connectivity index (χ1) is 8.64. The van der Waals surface area contributed by atoms with E-state index in [9.17, 15) is 0 Å². The second kappa shape index (κ2) is 5.04. The van der Waals surface area contributed by atoms with Crippen molar-refractivity contribution in [3.05, 3.63) is 33.3 Å². The molecule has 1 heterocycles. The normalized spacial score (nSPS) is 22.6. The number of nitrogens with two attached hydrogens (primary N) is 1. The lowest BCUT2D eigenvalue weighted by Gasteiger charge is -2.32. The minimum Gasteiger partial charge on any atom is -0.402 e. The molecule has 6 heteroatoms. The van der Waals surface area contributed by atoms with Gasteiger partial charge in [-0.2, -0.15) is 0 Å². The van der Waals surface area contributed by atoms with Gasteiger partial charge in [0.15, 0.2) is 0 Å². The second-order valence-corrected chi connectivity index (χ2v) is 7.11. The Morgan fingerprint density at radius 3 is 2.21 bits per heavy atom. The SMILES string of the molecule is CC1(C)OB([C@@H](N)c2ccc(Cl)cc2Br)OC1(C)C. The van der Waals surface area contributed by atoms with Crippen molar-refractivity contribution < 1.29 is 9.31 Å². The maximum Gasteiger partial charge on any atom is 0.480 e. The Labute approximate surface area is 128 Å². The molecule has 1 aliphatic heterocycles. The molecule has 1 aliphatic rings. The quantitative estimate of drug-likeness (QED) is 0.830. The summed E-state index contributed by atoms with van der Waals surface area (Å²) in [5, 5.41) is 0.664. The lowest BCUT2D eigenvalue weighted by atomic mass is 9.75. The highest BCUT2D eigenvalue weighted by molar-refractivity contribution is 9.10. The van der Waals surface area contributed by atoms with Crippen LogP contribution in [0.4, 0.5) is 0 Å². The van der Waals surface area contributed by atoms with E-state index in [4.69, 9.17) is 26.6 Å². The highest BCUT2D eigenvalue weighted by atomic mass is 79.9. The summed E-state index contributed by atoms with van der Waals surface area (Å²) in [6, 6.07) is 5.52. The minimum atomic E-state index is -0.470. The van der Waals surface area contributed by atoms with Crippen molar-refractivity contribution in [3.8, 4) is 0 Å². The molecular formula is C13H18BBrClNO2. The molecule has 2 rings (SSSR count). The predicted octanol–water partition coefficient (Wildman–Crippen LogP) is 3.73. The van der Waals surface area contributed by atoms with Crippen molar-refractivity contribution in [2.24, 2.45) is 5.73 Å². The Bertz CT molecular complexity index is 480. The fourth-order valence-electron chi connectivity index (χ4n) is 1.95. The van der Waals surface area contributed by atoms with Gasteiger partial charge in [0.2, 0.25) is 0 Å². The van der Waals surface area contributed by atoms with Crippen LogP contribution in [0.1, 0.15) is 39.2 Å². The van der Waals surface area contributed by atoms with Crippen molar-refractivity contribution in [1.29, 1.82) is 0 Å². The van der Waals surface area contributed by atoms with Crippen molar-refractivity contribution in [3.63, 3.8) is 0 Å². The summed E-state index contributed by atoms with van der Waals surface area (Å²) in [6.07, 6.45) is 0. The van der Waals surface area contributed by atoms with Crippen LogP contribution in [0.3, 0.4) is 0 Å². The smallest absolute Gasteiger partial charge is 0.402 e. The highest BCUT2D eigenvalue weighted by Crippen LogP contribution is 2.40. The highest BCUT2D eigenvalue weighted by Gasteiger charge is 2.53. The van der Waals surface area contributed by atoms with E-state index in [1.807, 2.05) is 45.9 Å². The Hall–Kier alpha value is -0.0651. The Balaban J connectivity index is 2.24. The van der Waals surface area contributed by atoms with Gasteiger partial charge in [-0.1, -0.05) is 33.6 Å². The van der Waals surface area contributed by atoms with Gasteiger partial charge in [0.05, 0.1) is 17.1 Å². The number of benzene rings is 1. The van der Waals surface area contributed by atoms with Crippen LogP contribution in [-0.4, -0.2) is 18.3 Å². The van der Waals surface area contributed by atoms with E-state index in [1.165, 1.54) is 0 Å². The van der Waals surface area contributed by atoms with E-state index < -0.39 is 7.12 Å². The van der Waals surface area contributed by atoms with Gasteiger partial charge in [0.25, 0.3) is 0 Å². The molecule has 2 N–H and O–H groups in total. The van der Waals surface area contributed by atoms with Crippen LogP contribution in [0.25, 0.3) is 0 Å². The van der Waals surface area contributed by atoms with Crippen molar-refractivity contribution in [2.75, 3.05) is 0 Å². The summed E-state index contributed by atoms with van der Waals surface area (Å²) in [7, 11) is -0.470. The molecule has 0 aliphatic carbocycles. The Morgan fingerprint density at radius 2 is 1.74 bits per heavy atom. The third-order valence-electron chi connectivity index (χ3n) is 3.89. The topological polar surface area (TPSA) is 44.5 Å². The van der Waals surface area contributed by atoms with Gasteiger partial charge in [-0.15, -0.1) is 0 Å². The number of hydrogen-bond acceptors (Lipinski definition) is 3. The summed E-state index contributed by atoms with van der Waals surface area (Å²) in [5.41, 5.74) is 6.43. The average Bonchev–Trinajstić information content (AvgIpc) is 2.47. The van der Waals surface area contributed by atoms with Crippen LogP contribution < -0.4 is 5.73 Å². The van der Waals surface area contributed by atoms with Gasteiger partial charge >= 0.3 is 7.12 Å². The Kier molecular flexibility index (Phi) is 4.07. The molecule has 0 saturated carbocycles. The maximum atomic E-state index is 6.27. The summed E-state index contributed by atoms with van der Waals surface area (Å²) >= 11 is 9.41. The van der Waals surface area contributed by atoms with Gasteiger partial charge in [-0.05, 0) is 45.4 Å². The van der Waals surface area contributed by atoms with Crippen molar-refractivity contribution >= 4 is 34.6 Å². The zero-order valence-electron chi connectivity index (χ0n) is 11.5. The molecule has 1 aromatic carbocycles. The molecule has 0 bridgehead atoms. The fraction of sp³-hybridized carbons (Fsp3) is 0.538. The molecule has 0 amide bonds. The largest absolute Gasteiger partial charge is 0.480 e. The molecule has 3 nitrogen and oxygen atoms in total. The summed E-state index contributed by atoms with van der Waals surface area (Å²) in [4.78, 5) is 0. The van der Waals surface area contributed by atoms with Crippen LogP contribution in [0.2, 0.25) is 5.02 Å². The van der Waals surface area contributed by atoms with Gasteiger partial charge in [-0.3, -0.25) is 0 Å². The monoisotopic (exact) mass is 345 g/mol. The number of halogens is 2. The fourth-order valence-corrected chi connectivity index (χ4v) is 2.90. The van der Waals surface area contributed by atoms with Crippen LogP contribution in [0, 0.1) is 0 Å². The van der Waals surface area contributed by atoms with Gasteiger partial charge in [-0.25, -0.2) is 0 Å². The molecule has 0 aromatic heterocycles. The van der Waals surface area contributed by atoms with E-state index in [2.05, 4.69) is 15.9 Å². The molecule has 0 radical (unpaired) electrons. The first-order valence-corrected chi connectivity index (χ1v) is 7.37. The van der Waals surface area contributed by atoms with Gasteiger partial charge in [0, 0.05) is 9.50 Å². The molecule has 104 valence electrons. The zero-order chi connectivity index (χ0) is 14.4. The van der Waals surface area contributed by atoms with Gasteiger partial charge in [0.1, 0.15) is 0 Å². The van der Waals surface area contributed by atoms with Crippen molar-refractivity contribution in [1.82, 2.24) is 0 Å². The molecule has 0 unspecified atom stereocenters. The first kappa shape index (κ1) is 15.3.